The Morgan fingerprint density at radius 1 is 1.24 bits per heavy atom. The van der Waals surface area contributed by atoms with Crippen LogP contribution in [-0.4, -0.2) is 16.2 Å². The maximum atomic E-state index is 4.51. The first-order valence-electron chi connectivity index (χ1n) is 8.24. The average Bonchev–Trinajstić information content (AvgIpc) is 2.89. The highest BCUT2D eigenvalue weighted by Crippen LogP contribution is 2.30. The van der Waals surface area contributed by atoms with Crippen LogP contribution in [0, 0.1) is 0 Å². The highest BCUT2D eigenvalue weighted by molar-refractivity contribution is 5.56. The van der Waals surface area contributed by atoms with Gasteiger partial charge in [-0.15, -0.1) is 0 Å². The number of allylic oxidation sites excluding steroid dienone is 1. The van der Waals surface area contributed by atoms with E-state index in [9.17, 15) is 0 Å². The normalized spacial score (nSPS) is 20.5. The molecular weight excluding hydrogens is 258 g/mol. The predicted octanol–water partition coefficient (Wildman–Crippen LogP) is 4.27. The van der Waals surface area contributed by atoms with Gasteiger partial charge < -0.3 is 5.32 Å². The highest BCUT2D eigenvalue weighted by Gasteiger charge is 2.19. The number of aromatic nitrogens is 2. The van der Waals surface area contributed by atoms with Gasteiger partial charge in [0.2, 0.25) is 0 Å². The monoisotopic (exact) mass is 283 g/mol. The first-order chi connectivity index (χ1) is 10.4. The molecule has 112 valence electrons. The summed E-state index contributed by atoms with van der Waals surface area (Å²) in [5, 5.41) is 8.18. The Bertz CT molecular complexity index is 612. The third kappa shape index (κ3) is 3.18. The van der Waals surface area contributed by atoms with Crippen LogP contribution in [0.15, 0.2) is 42.2 Å². The molecule has 0 aliphatic heterocycles. The number of nitrogens with one attached hydrogen (secondary N) is 1. The zero-order valence-corrected chi connectivity index (χ0v) is 12.9. The lowest BCUT2D eigenvalue weighted by Gasteiger charge is -2.22. The summed E-state index contributed by atoms with van der Waals surface area (Å²) in [6.07, 6.45) is 14.3. The van der Waals surface area contributed by atoms with E-state index in [1.54, 1.807) is 5.57 Å². The topological polar surface area (TPSA) is 29.3 Å². The molecular formula is C18H25N3. The summed E-state index contributed by atoms with van der Waals surface area (Å²) in [6.45, 7) is 3.16. The minimum Gasteiger partial charge on any atom is -0.307 e. The van der Waals surface area contributed by atoms with E-state index >= 15 is 0 Å². The molecule has 0 amide bonds. The molecule has 2 aromatic heterocycles. The van der Waals surface area contributed by atoms with E-state index in [4.69, 9.17) is 0 Å². The van der Waals surface area contributed by atoms with Gasteiger partial charge in [-0.3, -0.25) is 0 Å². The summed E-state index contributed by atoms with van der Waals surface area (Å²) >= 11 is 0. The van der Waals surface area contributed by atoms with E-state index in [2.05, 4.69) is 35.5 Å². The lowest BCUT2D eigenvalue weighted by molar-refractivity contribution is 0.556. The minimum absolute atomic E-state index is 0.313. The highest BCUT2D eigenvalue weighted by atomic mass is 15.2. The summed E-state index contributed by atoms with van der Waals surface area (Å²) in [4.78, 5) is 0. The molecule has 1 aliphatic rings. The van der Waals surface area contributed by atoms with Crippen LogP contribution in [0.2, 0.25) is 0 Å². The molecule has 0 bridgehead atoms. The largest absolute Gasteiger partial charge is 0.307 e. The Morgan fingerprint density at radius 2 is 2.14 bits per heavy atom. The van der Waals surface area contributed by atoms with E-state index in [0.717, 1.165) is 6.54 Å². The van der Waals surface area contributed by atoms with Gasteiger partial charge in [-0.25, -0.2) is 4.52 Å². The maximum Gasteiger partial charge on any atom is 0.0712 e. The molecule has 21 heavy (non-hydrogen) atoms. The van der Waals surface area contributed by atoms with Crippen molar-refractivity contribution in [2.75, 3.05) is 6.54 Å². The molecule has 1 unspecified atom stereocenters. The van der Waals surface area contributed by atoms with Crippen molar-refractivity contribution in [3.05, 3.63) is 47.8 Å². The second-order valence-corrected chi connectivity index (χ2v) is 5.85. The summed E-state index contributed by atoms with van der Waals surface area (Å²) < 4.78 is 1.98. The number of hydrogen-bond donors (Lipinski definition) is 1. The van der Waals surface area contributed by atoms with Gasteiger partial charge in [-0.1, -0.05) is 37.5 Å². The van der Waals surface area contributed by atoms with Crippen molar-refractivity contribution < 1.29 is 0 Å². The molecule has 0 radical (unpaired) electrons. The maximum absolute atomic E-state index is 4.51. The molecule has 0 saturated carbocycles. The Morgan fingerprint density at radius 3 is 3.05 bits per heavy atom. The van der Waals surface area contributed by atoms with Crippen molar-refractivity contribution in [3.8, 4) is 0 Å². The number of likely N-dealkylation sites (N-methyl/N-ethyl adjacent to an activating group) is 1. The molecule has 3 rings (SSSR count). The lowest BCUT2D eigenvalue weighted by Crippen LogP contribution is -2.23. The zero-order valence-electron chi connectivity index (χ0n) is 12.9. The number of pyridine rings is 1. The van der Waals surface area contributed by atoms with Gasteiger partial charge in [-0.2, -0.15) is 5.10 Å². The predicted molar refractivity (Wildman–Crippen MR) is 87.4 cm³/mol. The van der Waals surface area contributed by atoms with Gasteiger partial charge in [0.05, 0.1) is 17.8 Å². The number of fused-ring (bicyclic) bond motifs is 1. The standard InChI is InChI=1S/C18H25N3/c1-2-19-18(15-10-6-4-3-5-7-11-15)16-14-20-21-13-9-8-12-17(16)21/h8-10,12-14,18-19H,2-7,11H2,1H3/b15-10+. The molecule has 0 fully saturated rings. The van der Waals surface area contributed by atoms with E-state index < -0.39 is 0 Å². The van der Waals surface area contributed by atoms with Crippen LogP contribution in [-0.2, 0) is 0 Å². The van der Waals surface area contributed by atoms with Gasteiger partial charge in [-0.05, 0) is 44.4 Å². The summed E-state index contributed by atoms with van der Waals surface area (Å²) in [5.74, 6) is 0. The van der Waals surface area contributed by atoms with Crippen LogP contribution in [0.25, 0.3) is 5.52 Å². The van der Waals surface area contributed by atoms with Crippen molar-refractivity contribution >= 4 is 5.52 Å². The van der Waals surface area contributed by atoms with Crippen LogP contribution < -0.4 is 5.32 Å². The third-order valence-corrected chi connectivity index (χ3v) is 4.37. The first-order valence-corrected chi connectivity index (χ1v) is 8.24. The SMILES string of the molecule is CCNC(/C1=C/CCCCCC1)c1cnn2ccccc12. The fourth-order valence-corrected chi connectivity index (χ4v) is 3.30. The van der Waals surface area contributed by atoms with Crippen LogP contribution in [0.1, 0.15) is 57.1 Å². The summed E-state index contributed by atoms with van der Waals surface area (Å²) in [7, 11) is 0. The van der Waals surface area contributed by atoms with Gasteiger partial charge >= 0.3 is 0 Å². The van der Waals surface area contributed by atoms with E-state index in [0.29, 0.717) is 6.04 Å². The number of hydrogen-bond acceptors (Lipinski definition) is 2. The van der Waals surface area contributed by atoms with Gasteiger partial charge in [0, 0.05) is 11.8 Å². The van der Waals surface area contributed by atoms with Crippen molar-refractivity contribution in [2.24, 2.45) is 0 Å². The van der Waals surface area contributed by atoms with Gasteiger partial charge in [0.25, 0.3) is 0 Å². The molecule has 0 saturated heterocycles. The molecule has 0 spiro atoms. The average molecular weight is 283 g/mol. The molecule has 2 aromatic rings. The van der Waals surface area contributed by atoms with Gasteiger partial charge in [0.1, 0.15) is 0 Å². The van der Waals surface area contributed by atoms with Crippen molar-refractivity contribution in [2.45, 2.75) is 51.5 Å². The van der Waals surface area contributed by atoms with Crippen LogP contribution >= 0.6 is 0 Å². The molecule has 1 atom stereocenters. The molecule has 2 heterocycles. The molecule has 3 nitrogen and oxygen atoms in total. The molecule has 0 aromatic carbocycles. The van der Waals surface area contributed by atoms with E-state index in [-0.39, 0.29) is 0 Å². The quantitative estimate of drug-likeness (QED) is 0.849. The third-order valence-electron chi connectivity index (χ3n) is 4.37. The Hall–Kier alpha value is -1.61. The molecule has 3 heteroatoms. The van der Waals surface area contributed by atoms with Crippen molar-refractivity contribution in [1.29, 1.82) is 0 Å². The number of nitrogens with zero attached hydrogens (tertiary/aromatic N) is 2. The van der Waals surface area contributed by atoms with E-state index in [1.807, 2.05) is 23.0 Å². The van der Waals surface area contributed by atoms with Gasteiger partial charge in [0.15, 0.2) is 0 Å². The van der Waals surface area contributed by atoms with Crippen LogP contribution in [0.3, 0.4) is 0 Å². The Balaban J connectivity index is 1.96. The summed E-state index contributed by atoms with van der Waals surface area (Å²) in [5.41, 5.74) is 4.07. The second-order valence-electron chi connectivity index (χ2n) is 5.85. The Labute approximate surface area is 127 Å². The smallest absolute Gasteiger partial charge is 0.0712 e. The second kappa shape index (κ2) is 6.90. The first kappa shape index (κ1) is 14.3. The van der Waals surface area contributed by atoms with E-state index in [1.165, 1.54) is 49.6 Å². The van der Waals surface area contributed by atoms with Crippen molar-refractivity contribution in [3.63, 3.8) is 0 Å². The lowest BCUT2D eigenvalue weighted by atomic mass is 9.91. The summed E-state index contributed by atoms with van der Waals surface area (Å²) in [6, 6.07) is 6.60. The van der Waals surface area contributed by atoms with Crippen LogP contribution in [0.4, 0.5) is 0 Å². The zero-order chi connectivity index (χ0) is 14.5. The fraction of sp³-hybridized carbons (Fsp3) is 0.500. The number of rotatable bonds is 4. The molecule has 1 N–H and O–H groups in total. The van der Waals surface area contributed by atoms with Crippen molar-refractivity contribution in [1.82, 2.24) is 14.9 Å². The molecule has 1 aliphatic carbocycles. The minimum atomic E-state index is 0.313. The Kier molecular flexibility index (Phi) is 4.71. The fourth-order valence-electron chi connectivity index (χ4n) is 3.30. The van der Waals surface area contributed by atoms with Crippen LogP contribution in [0.5, 0.6) is 0 Å².